The molecule has 0 atom stereocenters. The molecule has 1 fully saturated rings. The second kappa shape index (κ2) is 8.44. The number of methoxy groups -OCH3 is 1. The van der Waals surface area contributed by atoms with Gasteiger partial charge in [-0.1, -0.05) is 42.5 Å². The highest BCUT2D eigenvalue weighted by atomic mass is 32.1. The molecule has 0 aliphatic carbocycles. The number of anilines is 1. The average molecular weight is 394 g/mol. The number of hydrogen-bond donors (Lipinski definition) is 0. The molecule has 0 radical (unpaired) electrons. The Kier molecular flexibility index (Phi) is 5.58. The Balaban J connectivity index is 1.35. The van der Waals surface area contributed by atoms with Crippen molar-refractivity contribution in [1.82, 2.24) is 9.88 Å². The third-order valence-electron chi connectivity index (χ3n) is 4.96. The van der Waals surface area contributed by atoms with Gasteiger partial charge in [0.1, 0.15) is 10.8 Å². The molecule has 3 aromatic rings. The molecule has 28 heavy (non-hydrogen) atoms. The lowest BCUT2D eigenvalue weighted by Gasteiger charge is -2.36. The van der Waals surface area contributed by atoms with Crippen LogP contribution in [0.1, 0.15) is 5.69 Å². The van der Waals surface area contributed by atoms with Crippen molar-refractivity contribution in [2.75, 3.05) is 38.2 Å². The predicted octanol–water partition coefficient (Wildman–Crippen LogP) is 3.71. The third kappa shape index (κ3) is 4.02. The first-order chi connectivity index (χ1) is 13.7. The molecule has 4 rings (SSSR count). The summed E-state index contributed by atoms with van der Waals surface area (Å²) in [4.78, 5) is 21.6. The first-order valence-electron chi connectivity index (χ1n) is 9.40. The average Bonchev–Trinajstić information content (AvgIpc) is 3.23. The van der Waals surface area contributed by atoms with Crippen LogP contribution in [0, 0.1) is 0 Å². The number of nitrogens with zero attached hydrogens (tertiary/aromatic N) is 3. The molecule has 1 aliphatic heterocycles. The zero-order valence-corrected chi connectivity index (χ0v) is 16.7. The van der Waals surface area contributed by atoms with Crippen molar-refractivity contribution in [3.8, 4) is 16.3 Å². The van der Waals surface area contributed by atoms with Crippen molar-refractivity contribution in [3.05, 3.63) is 65.7 Å². The van der Waals surface area contributed by atoms with Crippen molar-refractivity contribution in [2.45, 2.75) is 6.42 Å². The van der Waals surface area contributed by atoms with Gasteiger partial charge < -0.3 is 14.5 Å². The number of carbonyl (C=O) groups excluding carboxylic acids is 1. The van der Waals surface area contributed by atoms with E-state index >= 15 is 0 Å². The lowest BCUT2D eigenvalue weighted by Crippen LogP contribution is -2.49. The van der Waals surface area contributed by atoms with E-state index < -0.39 is 0 Å². The molecule has 0 bridgehead atoms. The van der Waals surface area contributed by atoms with Gasteiger partial charge in [0.15, 0.2) is 0 Å². The van der Waals surface area contributed by atoms with Crippen LogP contribution in [-0.4, -0.2) is 49.1 Å². The van der Waals surface area contributed by atoms with E-state index in [2.05, 4.69) is 16.0 Å². The van der Waals surface area contributed by atoms with E-state index in [-0.39, 0.29) is 5.91 Å². The summed E-state index contributed by atoms with van der Waals surface area (Å²) in [6.07, 6.45) is 0.359. The van der Waals surface area contributed by atoms with Gasteiger partial charge >= 0.3 is 0 Å². The highest BCUT2D eigenvalue weighted by Crippen LogP contribution is 2.28. The Hall–Kier alpha value is -2.86. The molecular weight excluding hydrogens is 370 g/mol. The van der Waals surface area contributed by atoms with Gasteiger partial charge in [-0.05, 0) is 12.1 Å². The molecule has 0 N–H and O–H groups in total. The predicted molar refractivity (Wildman–Crippen MR) is 113 cm³/mol. The van der Waals surface area contributed by atoms with Crippen molar-refractivity contribution in [3.63, 3.8) is 0 Å². The molecule has 0 spiro atoms. The number of hydrogen-bond acceptors (Lipinski definition) is 5. The fourth-order valence-corrected chi connectivity index (χ4v) is 4.28. The summed E-state index contributed by atoms with van der Waals surface area (Å²) in [5.41, 5.74) is 3.03. The number of ether oxygens (including phenoxy) is 1. The SMILES string of the molecule is COc1ccccc1N1CCN(C(=O)Cc2csc(-c3ccccc3)n2)CC1. The Labute approximate surface area is 169 Å². The van der Waals surface area contributed by atoms with E-state index in [1.165, 1.54) is 0 Å². The van der Waals surface area contributed by atoms with Crippen LogP contribution in [0.2, 0.25) is 0 Å². The number of benzene rings is 2. The summed E-state index contributed by atoms with van der Waals surface area (Å²) in [7, 11) is 1.69. The first-order valence-corrected chi connectivity index (χ1v) is 10.3. The minimum absolute atomic E-state index is 0.143. The second-order valence-electron chi connectivity index (χ2n) is 6.73. The highest BCUT2D eigenvalue weighted by molar-refractivity contribution is 7.13. The first kappa shape index (κ1) is 18.5. The summed E-state index contributed by atoms with van der Waals surface area (Å²) in [6.45, 7) is 3.04. The van der Waals surface area contributed by atoms with Gasteiger partial charge in [-0.3, -0.25) is 4.79 Å². The maximum Gasteiger partial charge on any atom is 0.228 e. The number of amides is 1. The molecule has 2 heterocycles. The van der Waals surface area contributed by atoms with E-state index in [0.717, 1.165) is 40.8 Å². The number of rotatable bonds is 5. The van der Waals surface area contributed by atoms with Crippen LogP contribution in [0.25, 0.3) is 10.6 Å². The quantitative estimate of drug-likeness (QED) is 0.663. The van der Waals surface area contributed by atoms with E-state index in [1.54, 1.807) is 18.4 Å². The molecule has 1 saturated heterocycles. The molecule has 2 aromatic carbocycles. The number of piperazine rings is 1. The lowest BCUT2D eigenvalue weighted by atomic mass is 10.2. The number of thiazole rings is 1. The summed E-state index contributed by atoms with van der Waals surface area (Å²) in [5, 5.41) is 2.95. The largest absolute Gasteiger partial charge is 0.495 e. The molecule has 1 aliphatic rings. The lowest BCUT2D eigenvalue weighted by molar-refractivity contribution is -0.130. The molecule has 1 amide bonds. The van der Waals surface area contributed by atoms with Crippen LogP contribution in [0.5, 0.6) is 5.75 Å². The van der Waals surface area contributed by atoms with E-state index in [9.17, 15) is 4.79 Å². The van der Waals surface area contributed by atoms with E-state index in [1.807, 2.05) is 58.8 Å². The normalized spacial score (nSPS) is 14.2. The van der Waals surface area contributed by atoms with Gasteiger partial charge in [-0.25, -0.2) is 4.98 Å². The van der Waals surface area contributed by atoms with Gasteiger partial charge in [0, 0.05) is 37.1 Å². The van der Waals surface area contributed by atoms with E-state index in [0.29, 0.717) is 19.5 Å². The molecule has 6 heteroatoms. The van der Waals surface area contributed by atoms with Gasteiger partial charge in [0.2, 0.25) is 5.91 Å². The number of para-hydroxylation sites is 2. The topological polar surface area (TPSA) is 45.7 Å². The van der Waals surface area contributed by atoms with Crippen molar-refractivity contribution in [2.24, 2.45) is 0 Å². The summed E-state index contributed by atoms with van der Waals surface area (Å²) in [6, 6.07) is 18.1. The minimum atomic E-state index is 0.143. The maximum atomic E-state index is 12.7. The number of carbonyl (C=O) groups is 1. The van der Waals surface area contributed by atoms with Crippen LogP contribution in [0.3, 0.4) is 0 Å². The summed E-state index contributed by atoms with van der Waals surface area (Å²) in [5.74, 6) is 1.02. The molecule has 1 aromatic heterocycles. The van der Waals surface area contributed by atoms with Crippen molar-refractivity contribution >= 4 is 22.9 Å². The van der Waals surface area contributed by atoms with Crippen LogP contribution in [-0.2, 0) is 11.2 Å². The number of aromatic nitrogens is 1. The standard InChI is InChI=1S/C22H23N3O2S/c1-27-20-10-6-5-9-19(20)24-11-13-25(14-12-24)21(26)15-18-16-28-22(23-18)17-7-3-2-4-8-17/h2-10,16H,11-15H2,1H3. The molecule has 0 unspecified atom stereocenters. The molecule has 0 saturated carbocycles. The highest BCUT2D eigenvalue weighted by Gasteiger charge is 2.23. The monoisotopic (exact) mass is 393 g/mol. The summed E-state index contributed by atoms with van der Waals surface area (Å²) >= 11 is 1.59. The third-order valence-corrected chi connectivity index (χ3v) is 5.90. The van der Waals surface area contributed by atoms with Crippen molar-refractivity contribution < 1.29 is 9.53 Å². The van der Waals surface area contributed by atoms with Crippen LogP contribution in [0.4, 0.5) is 5.69 Å². The summed E-state index contributed by atoms with van der Waals surface area (Å²) < 4.78 is 5.46. The zero-order valence-electron chi connectivity index (χ0n) is 15.9. The van der Waals surface area contributed by atoms with Crippen LogP contribution >= 0.6 is 11.3 Å². The Bertz CT molecular complexity index is 934. The molecular formula is C22H23N3O2S. The molecule has 144 valence electrons. The van der Waals surface area contributed by atoms with Gasteiger partial charge in [0.05, 0.1) is 24.9 Å². The Morgan fingerprint density at radius 1 is 1.04 bits per heavy atom. The van der Waals surface area contributed by atoms with Crippen molar-refractivity contribution in [1.29, 1.82) is 0 Å². The minimum Gasteiger partial charge on any atom is -0.495 e. The fraction of sp³-hybridized carbons (Fsp3) is 0.273. The Morgan fingerprint density at radius 3 is 2.50 bits per heavy atom. The van der Waals surface area contributed by atoms with Crippen LogP contribution in [0.15, 0.2) is 60.0 Å². The smallest absolute Gasteiger partial charge is 0.228 e. The van der Waals surface area contributed by atoms with Gasteiger partial charge in [-0.2, -0.15) is 0 Å². The van der Waals surface area contributed by atoms with Gasteiger partial charge in [0.25, 0.3) is 0 Å². The second-order valence-corrected chi connectivity index (χ2v) is 7.58. The van der Waals surface area contributed by atoms with Gasteiger partial charge in [-0.15, -0.1) is 11.3 Å². The zero-order chi connectivity index (χ0) is 19.3. The Morgan fingerprint density at radius 2 is 1.75 bits per heavy atom. The fourth-order valence-electron chi connectivity index (χ4n) is 3.46. The maximum absolute atomic E-state index is 12.7. The molecule has 5 nitrogen and oxygen atoms in total. The van der Waals surface area contributed by atoms with Crippen LogP contribution < -0.4 is 9.64 Å². The van der Waals surface area contributed by atoms with E-state index in [4.69, 9.17) is 4.74 Å².